The van der Waals surface area contributed by atoms with Crippen molar-refractivity contribution >= 4 is 52.7 Å². The summed E-state index contributed by atoms with van der Waals surface area (Å²) in [6.07, 6.45) is -1.34. The summed E-state index contributed by atoms with van der Waals surface area (Å²) >= 11 is 5.98. The predicted molar refractivity (Wildman–Crippen MR) is 135 cm³/mol. The van der Waals surface area contributed by atoms with Gasteiger partial charge in [0.1, 0.15) is 29.3 Å². The number of anilines is 1. The normalized spacial score (nSPS) is 17.9. The van der Waals surface area contributed by atoms with Gasteiger partial charge >= 0.3 is 18.2 Å². The number of aromatic nitrogens is 1. The third-order valence-corrected chi connectivity index (χ3v) is 5.20. The summed E-state index contributed by atoms with van der Waals surface area (Å²) in [6.45, 7) is 9.94. The van der Waals surface area contributed by atoms with Gasteiger partial charge in [0.15, 0.2) is 5.58 Å². The average molecular weight is 538 g/mol. The SMILES string of the molecule is CC(C)(C)OC(=O)NCC(=O)NC1C[C@@H](C(=O)Nc2nc3cc(Cl)ccc3o2)N(C(=O)OC(C)(C)C)C1. The van der Waals surface area contributed by atoms with Crippen LogP contribution in [0.15, 0.2) is 22.6 Å². The molecule has 0 spiro atoms. The van der Waals surface area contributed by atoms with Gasteiger partial charge in [-0.2, -0.15) is 4.98 Å². The highest BCUT2D eigenvalue weighted by molar-refractivity contribution is 6.31. The molecule has 1 saturated heterocycles. The molecular formula is C24H32ClN5O7. The molecule has 1 unspecified atom stereocenters. The molecule has 0 aliphatic carbocycles. The van der Waals surface area contributed by atoms with Crippen LogP contribution in [0.2, 0.25) is 5.02 Å². The van der Waals surface area contributed by atoms with Crippen molar-refractivity contribution in [1.29, 1.82) is 0 Å². The highest BCUT2D eigenvalue weighted by Gasteiger charge is 2.42. The molecule has 37 heavy (non-hydrogen) atoms. The van der Waals surface area contributed by atoms with Gasteiger partial charge in [-0.15, -0.1) is 0 Å². The smallest absolute Gasteiger partial charge is 0.411 e. The van der Waals surface area contributed by atoms with Crippen LogP contribution >= 0.6 is 11.6 Å². The standard InChI is InChI=1S/C24H32ClN5O7/c1-23(2,3)36-21(33)26-11-18(31)27-14-10-16(30(12-14)22(34)37-24(4,5)6)19(32)29-20-28-15-9-13(25)7-8-17(15)35-20/h7-9,14,16H,10-12H2,1-6H3,(H,26,33)(H,27,31)(H,28,29,32)/t14?,16-/m0/s1. The fourth-order valence-corrected chi connectivity index (χ4v) is 3.77. The summed E-state index contributed by atoms with van der Waals surface area (Å²) in [6, 6.07) is 3.25. The van der Waals surface area contributed by atoms with Crippen molar-refractivity contribution in [3.05, 3.63) is 23.2 Å². The van der Waals surface area contributed by atoms with E-state index < -0.39 is 47.3 Å². The number of carbonyl (C=O) groups is 4. The number of halogens is 1. The second-order valence-corrected chi connectivity index (χ2v) is 11.1. The lowest BCUT2D eigenvalue weighted by atomic mass is 10.1. The van der Waals surface area contributed by atoms with Crippen LogP contribution in [0.1, 0.15) is 48.0 Å². The van der Waals surface area contributed by atoms with Crippen LogP contribution in [-0.2, 0) is 19.1 Å². The molecule has 1 aliphatic heterocycles. The minimum atomic E-state index is -0.974. The molecule has 0 saturated carbocycles. The van der Waals surface area contributed by atoms with Crippen molar-refractivity contribution in [3.8, 4) is 0 Å². The molecule has 0 radical (unpaired) electrons. The Balaban J connectivity index is 1.67. The predicted octanol–water partition coefficient (Wildman–Crippen LogP) is 3.44. The molecule has 4 amide bonds. The fourth-order valence-electron chi connectivity index (χ4n) is 3.60. The Bertz CT molecular complexity index is 1180. The van der Waals surface area contributed by atoms with Gasteiger partial charge in [-0.3, -0.25) is 19.8 Å². The Morgan fingerprint density at radius 2 is 1.78 bits per heavy atom. The van der Waals surface area contributed by atoms with Crippen LogP contribution in [0.3, 0.4) is 0 Å². The zero-order chi connectivity index (χ0) is 27.5. The first-order valence-corrected chi connectivity index (χ1v) is 12.1. The zero-order valence-electron chi connectivity index (χ0n) is 21.6. The maximum absolute atomic E-state index is 13.1. The summed E-state index contributed by atoms with van der Waals surface area (Å²) in [5.41, 5.74) is -0.615. The number of ether oxygens (including phenoxy) is 2. The van der Waals surface area contributed by atoms with Crippen LogP contribution in [-0.4, -0.2) is 70.3 Å². The van der Waals surface area contributed by atoms with Gasteiger partial charge in [0.05, 0.1) is 0 Å². The van der Waals surface area contributed by atoms with Gasteiger partial charge in [-0.1, -0.05) is 11.6 Å². The number of likely N-dealkylation sites (tertiary alicyclic amines) is 1. The Morgan fingerprint density at radius 1 is 1.11 bits per heavy atom. The molecule has 1 aromatic carbocycles. The van der Waals surface area contributed by atoms with E-state index in [1.54, 1.807) is 59.7 Å². The fraction of sp³-hybridized carbons (Fsp3) is 0.542. The number of fused-ring (bicyclic) bond motifs is 1. The van der Waals surface area contributed by atoms with Crippen LogP contribution in [0.4, 0.5) is 15.6 Å². The van der Waals surface area contributed by atoms with Crippen molar-refractivity contribution in [1.82, 2.24) is 20.5 Å². The van der Waals surface area contributed by atoms with E-state index in [1.165, 1.54) is 4.90 Å². The van der Waals surface area contributed by atoms with Crippen molar-refractivity contribution < 1.29 is 33.1 Å². The van der Waals surface area contributed by atoms with E-state index in [2.05, 4.69) is 20.9 Å². The zero-order valence-corrected chi connectivity index (χ0v) is 22.4. The number of carbonyl (C=O) groups excluding carboxylic acids is 4. The number of oxazole rings is 1. The lowest BCUT2D eigenvalue weighted by molar-refractivity contribution is -0.121. The third kappa shape index (κ3) is 8.24. The molecule has 13 heteroatoms. The lowest BCUT2D eigenvalue weighted by Gasteiger charge is -2.27. The van der Waals surface area contributed by atoms with Gasteiger partial charge in [0.2, 0.25) is 5.91 Å². The monoisotopic (exact) mass is 537 g/mol. The van der Waals surface area contributed by atoms with Crippen LogP contribution in [0, 0.1) is 0 Å². The molecule has 12 nitrogen and oxygen atoms in total. The number of amides is 4. The first-order valence-electron chi connectivity index (χ1n) is 11.7. The van der Waals surface area contributed by atoms with Gasteiger partial charge in [0.25, 0.3) is 5.91 Å². The Morgan fingerprint density at radius 3 is 2.43 bits per heavy atom. The number of hydrogen-bond acceptors (Lipinski definition) is 8. The van der Waals surface area contributed by atoms with Crippen LogP contribution < -0.4 is 16.0 Å². The minimum absolute atomic E-state index is 0.0222. The highest BCUT2D eigenvalue weighted by Crippen LogP contribution is 2.25. The van der Waals surface area contributed by atoms with Gasteiger partial charge in [-0.05, 0) is 66.2 Å². The molecule has 1 fully saturated rings. The van der Waals surface area contributed by atoms with E-state index in [1.807, 2.05) is 0 Å². The summed E-state index contributed by atoms with van der Waals surface area (Å²) in [7, 11) is 0. The van der Waals surface area contributed by atoms with E-state index >= 15 is 0 Å². The highest BCUT2D eigenvalue weighted by atomic mass is 35.5. The first kappa shape index (κ1) is 28.0. The molecular weight excluding hydrogens is 506 g/mol. The van der Waals surface area contributed by atoms with Crippen LogP contribution in [0.5, 0.6) is 0 Å². The second kappa shape index (κ2) is 10.8. The van der Waals surface area contributed by atoms with Crippen molar-refractivity contribution in [2.75, 3.05) is 18.4 Å². The maximum atomic E-state index is 13.1. The molecule has 1 aromatic heterocycles. The summed E-state index contributed by atoms with van der Waals surface area (Å²) < 4.78 is 16.1. The van der Waals surface area contributed by atoms with E-state index in [9.17, 15) is 19.2 Å². The average Bonchev–Trinajstić information content (AvgIpc) is 3.33. The Labute approximate surface area is 219 Å². The number of nitrogens with one attached hydrogen (secondary N) is 3. The molecule has 2 aromatic rings. The number of rotatable bonds is 5. The van der Waals surface area contributed by atoms with Crippen molar-refractivity contribution in [2.24, 2.45) is 0 Å². The second-order valence-electron chi connectivity index (χ2n) is 10.6. The molecule has 3 rings (SSSR count). The molecule has 2 atom stereocenters. The molecule has 1 aliphatic rings. The Kier molecular flexibility index (Phi) is 8.21. The summed E-state index contributed by atoms with van der Waals surface area (Å²) in [4.78, 5) is 55.7. The van der Waals surface area contributed by atoms with Crippen molar-refractivity contribution in [2.45, 2.75) is 71.2 Å². The molecule has 2 heterocycles. The number of nitrogens with zero attached hydrogens (tertiary/aromatic N) is 2. The lowest BCUT2D eigenvalue weighted by Crippen LogP contribution is -2.46. The molecule has 202 valence electrons. The summed E-state index contributed by atoms with van der Waals surface area (Å²) in [5, 5.41) is 8.15. The minimum Gasteiger partial charge on any atom is -0.444 e. The van der Waals surface area contributed by atoms with Crippen molar-refractivity contribution in [3.63, 3.8) is 0 Å². The van der Waals surface area contributed by atoms with E-state index in [4.69, 9.17) is 25.5 Å². The topological polar surface area (TPSA) is 152 Å². The number of hydrogen-bond donors (Lipinski definition) is 3. The third-order valence-electron chi connectivity index (χ3n) is 4.97. The maximum Gasteiger partial charge on any atom is 0.411 e. The molecule has 3 N–H and O–H groups in total. The van der Waals surface area contributed by atoms with Crippen LogP contribution in [0.25, 0.3) is 11.1 Å². The Hall–Kier alpha value is -3.54. The van der Waals surface area contributed by atoms with E-state index in [0.29, 0.717) is 16.1 Å². The van der Waals surface area contributed by atoms with E-state index in [0.717, 1.165) is 0 Å². The number of benzene rings is 1. The van der Waals surface area contributed by atoms with Gasteiger partial charge < -0.3 is 24.5 Å². The van der Waals surface area contributed by atoms with Gasteiger partial charge in [0, 0.05) is 17.6 Å². The number of alkyl carbamates (subject to hydrolysis) is 1. The van der Waals surface area contributed by atoms with Gasteiger partial charge in [-0.25, -0.2) is 9.59 Å². The van der Waals surface area contributed by atoms with E-state index in [-0.39, 0.29) is 25.5 Å². The molecule has 0 bridgehead atoms. The summed E-state index contributed by atoms with van der Waals surface area (Å²) in [5.74, 6) is -1.07. The first-order chi connectivity index (χ1) is 17.1. The quantitative estimate of drug-likeness (QED) is 0.524. The largest absolute Gasteiger partial charge is 0.444 e.